The number of benzene rings is 1. The minimum absolute atomic E-state index is 0.347. The highest BCUT2D eigenvalue weighted by Crippen LogP contribution is 2.41. The van der Waals surface area contributed by atoms with Gasteiger partial charge in [-0.2, -0.15) is 0 Å². The molecular formula is C19H25N3O2. The van der Waals surface area contributed by atoms with Crippen LogP contribution in [0, 0.1) is 5.92 Å². The van der Waals surface area contributed by atoms with Crippen molar-refractivity contribution in [3.05, 3.63) is 35.5 Å². The fraction of sp³-hybridized carbons (Fsp3) is 0.526. The molecule has 2 unspecified atom stereocenters. The maximum Gasteiger partial charge on any atom is 0.322 e. The molecule has 3 aliphatic rings. The summed E-state index contributed by atoms with van der Waals surface area (Å²) in [6.07, 6.45) is 3.06. The van der Waals surface area contributed by atoms with Crippen LogP contribution in [0.5, 0.6) is 0 Å². The summed E-state index contributed by atoms with van der Waals surface area (Å²) in [5.41, 5.74) is 9.70. The van der Waals surface area contributed by atoms with Crippen LogP contribution in [-0.2, 0) is 16.0 Å². The van der Waals surface area contributed by atoms with Crippen LogP contribution < -0.4 is 5.73 Å². The van der Waals surface area contributed by atoms with E-state index in [-0.39, 0.29) is 5.97 Å². The van der Waals surface area contributed by atoms with Crippen molar-refractivity contribution < 1.29 is 9.53 Å². The van der Waals surface area contributed by atoms with Crippen LogP contribution in [0.2, 0.25) is 0 Å². The molecule has 3 N–H and O–H groups in total. The number of nitrogens with two attached hydrogens (primary N) is 1. The molecule has 3 fully saturated rings. The normalized spacial score (nSPS) is 27.3. The molecule has 128 valence electrons. The molecule has 4 heterocycles. The first-order valence-corrected chi connectivity index (χ1v) is 8.82. The molecule has 0 saturated carbocycles. The van der Waals surface area contributed by atoms with E-state index in [1.165, 1.54) is 49.7 Å². The molecule has 0 aliphatic carbocycles. The minimum atomic E-state index is -0.617. The van der Waals surface area contributed by atoms with Gasteiger partial charge in [-0.3, -0.25) is 4.79 Å². The van der Waals surface area contributed by atoms with Gasteiger partial charge < -0.3 is 20.4 Å². The number of nitrogens with zero attached hydrogens (tertiary/aromatic N) is 1. The number of aromatic nitrogens is 1. The van der Waals surface area contributed by atoms with Crippen LogP contribution >= 0.6 is 0 Å². The van der Waals surface area contributed by atoms with Crippen molar-refractivity contribution in [2.24, 2.45) is 11.7 Å². The summed E-state index contributed by atoms with van der Waals surface area (Å²) in [4.78, 5) is 18.0. The number of hydrogen-bond donors (Lipinski definition) is 2. The lowest BCUT2D eigenvalue weighted by Gasteiger charge is -2.45. The number of nitrogens with one attached hydrogen (secondary N) is 1. The second-order valence-electron chi connectivity index (χ2n) is 7.14. The fourth-order valence-electron chi connectivity index (χ4n) is 4.50. The molecule has 5 nitrogen and oxygen atoms in total. The maximum atomic E-state index is 11.8. The van der Waals surface area contributed by atoms with Crippen LogP contribution in [-0.4, -0.2) is 48.6 Å². The Hall–Kier alpha value is -1.85. The number of rotatable bonds is 4. The van der Waals surface area contributed by atoms with Crippen molar-refractivity contribution in [2.45, 2.75) is 31.2 Å². The summed E-state index contributed by atoms with van der Waals surface area (Å²) >= 11 is 0. The molecule has 2 atom stereocenters. The second-order valence-corrected chi connectivity index (χ2v) is 7.14. The molecule has 1 aromatic carbocycles. The van der Waals surface area contributed by atoms with Gasteiger partial charge in [0, 0.05) is 35.5 Å². The van der Waals surface area contributed by atoms with E-state index in [2.05, 4.69) is 22.0 Å². The Morgan fingerprint density at radius 3 is 2.79 bits per heavy atom. The number of carbonyl (C=O) groups excluding carboxylic acids is 1. The molecule has 24 heavy (non-hydrogen) atoms. The molecule has 1 aromatic heterocycles. The van der Waals surface area contributed by atoms with E-state index in [4.69, 9.17) is 10.5 Å². The zero-order valence-corrected chi connectivity index (χ0v) is 14.1. The van der Waals surface area contributed by atoms with Gasteiger partial charge in [0.05, 0.1) is 7.11 Å². The fourth-order valence-corrected chi connectivity index (χ4v) is 4.50. The van der Waals surface area contributed by atoms with Gasteiger partial charge in [0.2, 0.25) is 0 Å². The smallest absolute Gasteiger partial charge is 0.322 e. The van der Waals surface area contributed by atoms with Crippen molar-refractivity contribution in [1.29, 1.82) is 0 Å². The van der Waals surface area contributed by atoms with Crippen LogP contribution in [0.4, 0.5) is 0 Å². The number of para-hydroxylation sites is 1. The number of esters is 1. The summed E-state index contributed by atoms with van der Waals surface area (Å²) in [6, 6.07) is 7.70. The molecule has 3 aliphatic heterocycles. The Kier molecular flexibility index (Phi) is 4.06. The van der Waals surface area contributed by atoms with E-state index in [1.807, 2.05) is 12.1 Å². The second kappa shape index (κ2) is 6.22. The summed E-state index contributed by atoms with van der Waals surface area (Å²) in [7, 11) is 1.39. The molecule has 0 spiro atoms. The molecule has 0 amide bonds. The molecule has 3 saturated heterocycles. The average molecular weight is 327 g/mol. The van der Waals surface area contributed by atoms with E-state index >= 15 is 0 Å². The first kappa shape index (κ1) is 15.7. The summed E-state index contributed by atoms with van der Waals surface area (Å²) in [5, 5.41) is 1.18. The number of carbonyl (C=O) groups is 1. The lowest BCUT2D eigenvalue weighted by Crippen LogP contribution is -2.46. The van der Waals surface area contributed by atoms with Crippen molar-refractivity contribution in [3.63, 3.8) is 0 Å². The lowest BCUT2D eigenvalue weighted by atomic mass is 9.76. The highest BCUT2D eigenvalue weighted by Gasteiger charge is 2.37. The van der Waals surface area contributed by atoms with E-state index in [0.29, 0.717) is 12.3 Å². The molecule has 5 heteroatoms. The number of piperidine rings is 3. The monoisotopic (exact) mass is 327 g/mol. The van der Waals surface area contributed by atoms with Crippen LogP contribution in [0.25, 0.3) is 10.9 Å². The average Bonchev–Trinajstić information content (AvgIpc) is 3.00. The van der Waals surface area contributed by atoms with Gasteiger partial charge in [-0.05, 0) is 43.5 Å². The van der Waals surface area contributed by atoms with Gasteiger partial charge in [-0.15, -0.1) is 0 Å². The Labute approximate surface area is 142 Å². The van der Waals surface area contributed by atoms with Crippen molar-refractivity contribution in [3.8, 4) is 0 Å². The minimum Gasteiger partial charge on any atom is -0.468 e. The SMILES string of the molecule is COC(=O)C(N)Cc1c(C2CN3CCC2CC3)[nH]c2ccccc12. The first-order valence-electron chi connectivity index (χ1n) is 8.82. The zero-order chi connectivity index (χ0) is 16.7. The van der Waals surface area contributed by atoms with Gasteiger partial charge in [-0.25, -0.2) is 0 Å². The third kappa shape index (κ3) is 2.62. The highest BCUT2D eigenvalue weighted by atomic mass is 16.5. The van der Waals surface area contributed by atoms with Crippen molar-refractivity contribution in [1.82, 2.24) is 9.88 Å². The number of methoxy groups -OCH3 is 1. The van der Waals surface area contributed by atoms with Crippen LogP contribution in [0.15, 0.2) is 24.3 Å². The van der Waals surface area contributed by atoms with Crippen molar-refractivity contribution in [2.75, 3.05) is 26.7 Å². The van der Waals surface area contributed by atoms with E-state index in [1.54, 1.807) is 0 Å². The van der Waals surface area contributed by atoms with E-state index in [0.717, 1.165) is 18.0 Å². The number of H-pyrrole nitrogens is 1. The van der Waals surface area contributed by atoms with Crippen LogP contribution in [0.3, 0.4) is 0 Å². The predicted molar refractivity (Wildman–Crippen MR) is 93.9 cm³/mol. The highest BCUT2D eigenvalue weighted by molar-refractivity contribution is 5.86. The molecular weight excluding hydrogens is 302 g/mol. The predicted octanol–water partition coefficient (Wildman–Crippen LogP) is 2.02. The summed E-state index contributed by atoms with van der Waals surface area (Å²) in [5.74, 6) is 0.899. The van der Waals surface area contributed by atoms with Crippen molar-refractivity contribution >= 4 is 16.9 Å². The van der Waals surface area contributed by atoms with Gasteiger partial charge >= 0.3 is 5.97 Å². The Morgan fingerprint density at radius 1 is 1.38 bits per heavy atom. The number of aromatic amines is 1. The van der Waals surface area contributed by atoms with Gasteiger partial charge in [0.25, 0.3) is 0 Å². The standard InChI is InChI=1S/C19H25N3O2/c1-24-19(23)16(20)10-14-13-4-2-3-5-17(13)21-18(14)15-11-22-8-6-12(15)7-9-22/h2-5,12,15-16,21H,6-11,20H2,1H3. The molecule has 2 aromatic rings. The summed E-state index contributed by atoms with van der Waals surface area (Å²) < 4.78 is 4.83. The van der Waals surface area contributed by atoms with Gasteiger partial charge in [0.15, 0.2) is 0 Å². The zero-order valence-electron chi connectivity index (χ0n) is 14.1. The Bertz CT molecular complexity index is 746. The largest absolute Gasteiger partial charge is 0.468 e. The van der Waals surface area contributed by atoms with E-state index < -0.39 is 6.04 Å². The lowest BCUT2D eigenvalue weighted by molar-refractivity contribution is -0.142. The third-order valence-corrected chi connectivity index (χ3v) is 5.80. The number of ether oxygens (including phenoxy) is 1. The molecule has 5 rings (SSSR count). The Balaban J connectivity index is 1.74. The third-order valence-electron chi connectivity index (χ3n) is 5.80. The van der Waals surface area contributed by atoms with Crippen LogP contribution in [0.1, 0.15) is 30.0 Å². The Morgan fingerprint density at radius 2 is 2.12 bits per heavy atom. The van der Waals surface area contributed by atoms with Gasteiger partial charge in [0.1, 0.15) is 6.04 Å². The van der Waals surface area contributed by atoms with E-state index in [9.17, 15) is 4.79 Å². The molecule has 2 bridgehead atoms. The number of hydrogen-bond acceptors (Lipinski definition) is 4. The van der Waals surface area contributed by atoms with Gasteiger partial charge in [-0.1, -0.05) is 18.2 Å². The summed E-state index contributed by atoms with van der Waals surface area (Å²) in [6.45, 7) is 3.55. The first-order chi connectivity index (χ1) is 11.7. The molecule has 0 radical (unpaired) electrons. The number of fused-ring (bicyclic) bond motifs is 4. The maximum absolute atomic E-state index is 11.8. The topological polar surface area (TPSA) is 71.3 Å². The quantitative estimate of drug-likeness (QED) is 0.843.